The number of ketones is 1. The van der Waals surface area contributed by atoms with Gasteiger partial charge in [0.1, 0.15) is 5.78 Å². The molecule has 0 aromatic rings. The molecule has 0 heterocycles. The van der Waals surface area contributed by atoms with E-state index in [1.165, 1.54) is 0 Å². The van der Waals surface area contributed by atoms with Crippen LogP contribution in [0.15, 0.2) is 0 Å². The quantitative estimate of drug-likeness (QED) is 0.538. The summed E-state index contributed by atoms with van der Waals surface area (Å²) in [7, 11) is 0. The Balaban J connectivity index is 3.34. The SMILES string of the molecule is CC(=O)[C@@H](C)CN. The molecular formula is C5H11NO. The summed E-state index contributed by atoms with van der Waals surface area (Å²) < 4.78 is 0. The molecule has 2 N–H and O–H groups in total. The molecule has 0 fully saturated rings. The lowest BCUT2D eigenvalue weighted by molar-refractivity contribution is -0.119. The zero-order valence-electron chi connectivity index (χ0n) is 4.77. The largest absolute Gasteiger partial charge is 0.330 e. The molecule has 0 aromatic heterocycles. The normalized spacial score (nSPS) is 13.6. The third-order valence-corrected chi connectivity index (χ3v) is 1.05. The molecule has 0 aliphatic rings. The Kier molecular flexibility index (Phi) is 2.60. The van der Waals surface area contributed by atoms with E-state index in [-0.39, 0.29) is 11.7 Å². The van der Waals surface area contributed by atoms with Gasteiger partial charge in [-0.15, -0.1) is 0 Å². The highest BCUT2D eigenvalue weighted by molar-refractivity contribution is 5.77. The maximum absolute atomic E-state index is 10.3. The second-order valence-electron chi connectivity index (χ2n) is 1.75. The number of carbonyl (C=O) groups is 1. The van der Waals surface area contributed by atoms with Crippen LogP contribution in [0.4, 0.5) is 0 Å². The topological polar surface area (TPSA) is 43.1 Å². The van der Waals surface area contributed by atoms with Crippen molar-refractivity contribution in [2.24, 2.45) is 11.7 Å². The van der Waals surface area contributed by atoms with Crippen LogP contribution in [0.25, 0.3) is 0 Å². The second-order valence-corrected chi connectivity index (χ2v) is 1.75. The maximum Gasteiger partial charge on any atom is 0.133 e. The molecule has 7 heavy (non-hydrogen) atoms. The molecule has 0 spiro atoms. The molecule has 2 heteroatoms. The number of hydrogen-bond donors (Lipinski definition) is 1. The second kappa shape index (κ2) is 2.75. The highest BCUT2D eigenvalue weighted by Crippen LogP contribution is 1.89. The molecule has 0 saturated heterocycles. The van der Waals surface area contributed by atoms with Crippen molar-refractivity contribution in [1.82, 2.24) is 0 Å². The van der Waals surface area contributed by atoms with Gasteiger partial charge < -0.3 is 5.73 Å². The number of carbonyl (C=O) groups excluding carboxylic acids is 1. The standard InChI is InChI=1S/C5H11NO/c1-4(3-6)5(2)7/h4H,3,6H2,1-2H3/t4-/m0/s1. The number of nitrogens with two attached hydrogens (primary N) is 1. The number of hydrogen-bond acceptors (Lipinski definition) is 2. The minimum atomic E-state index is 0.0417. The average Bonchev–Trinajstić information content (AvgIpc) is 1.65. The third-order valence-electron chi connectivity index (χ3n) is 1.05. The zero-order chi connectivity index (χ0) is 5.86. The summed E-state index contributed by atoms with van der Waals surface area (Å²) in [6.07, 6.45) is 0. The lowest BCUT2D eigenvalue weighted by Gasteiger charge is -1.98. The molecule has 0 radical (unpaired) electrons. The predicted molar refractivity (Wildman–Crippen MR) is 28.9 cm³/mol. The summed E-state index contributed by atoms with van der Waals surface area (Å²) in [6.45, 7) is 3.84. The van der Waals surface area contributed by atoms with Crippen LogP contribution in [0.5, 0.6) is 0 Å². The summed E-state index contributed by atoms with van der Waals surface area (Å²) >= 11 is 0. The summed E-state index contributed by atoms with van der Waals surface area (Å²) in [6, 6.07) is 0. The van der Waals surface area contributed by atoms with Crippen molar-refractivity contribution in [3.63, 3.8) is 0 Å². The molecule has 0 bridgehead atoms. The molecule has 0 saturated carbocycles. The van der Waals surface area contributed by atoms with Crippen LogP contribution < -0.4 is 5.73 Å². The molecule has 0 unspecified atom stereocenters. The van der Waals surface area contributed by atoms with Crippen LogP contribution in [0, 0.1) is 5.92 Å². The molecule has 0 aliphatic carbocycles. The van der Waals surface area contributed by atoms with Crippen LogP contribution in [0.1, 0.15) is 13.8 Å². The van der Waals surface area contributed by atoms with Gasteiger partial charge in [0.25, 0.3) is 0 Å². The van der Waals surface area contributed by atoms with Gasteiger partial charge in [-0.05, 0) is 6.92 Å². The van der Waals surface area contributed by atoms with E-state index in [1.54, 1.807) is 6.92 Å². The minimum Gasteiger partial charge on any atom is -0.330 e. The fourth-order valence-corrected chi connectivity index (χ4v) is 0.166. The molecule has 0 rings (SSSR count). The fraction of sp³-hybridized carbons (Fsp3) is 0.800. The van der Waals surface area contributed by atoms with Crippen LogP contribution in [-0.2, 0) is 4.79 Å². The van der Waals surface area contributed by atoms with Crippen molar-refractivity contribution in [2.75, 3.05) is 6.54 Å². The third kappa shape index (κ3) is 2.34. The molecule has 0 amide bonds. The van der Waals surface area contributed by atoms with Gasteiger partial charge in [-0.3, -0.25) is 4.79 Å². The summed E-state index contributed by atoms with van der Waals surface area (Å²) in [5.41, 5.74) is 5.15. The first-order valence-corrected chi connectivity index (χ1v) is 2.39. The van der Waals surface area contributed by atoms with Crippen LogP contribution in [0.3, 0.4) is 0 Å². The van der Waals surface area contributed by atoms with Gasteiger partial charge in [-0.1, -0.05) is 6.92 Å². The average molecular weight is 101 g/mol. The Morgan fingerprint density at radius 2 is 2.29 bits per heavy atom. The first-order valence-electron chi connectivity index (χ1n) is 2.39. The van der Waals surface area contributed by atoms with Crippen molar-refractivity contribution in [3.8, 4) is 0 Å². The van der Waals surface area contributed by atoms with E-state index < -0.39 is 0 Å². The smallest absolute Gasteiger partial charge is 0.133 e. The predicted octanol–water partition coefficient (Wildman–Crippen LogP) is 0.170. The fourth-order valence-electron chi connectivity index (χ4n) is 0.166. The lowest BCUT2D eigenvalue weighted by Crippen LogP contribution is -2.17. The molecule has 2 nitrogen and oxygen atoms in total. The lowest BCUT2D eigenvalue weighted by atomic mass is 10.1. The Morgan fingerprint density at radius 3 is 2.29 bits per heavy atom. The first kappa shape index (κ1) is 6.63. The van der Waals surface area contributed by atoms with E-state index in [4.69, 9.17) is 5.73 Å². The van der Waals surface area contributed by atoms with Crippen molar-refractivity contribution in [2.45, 2.75) is 13.8 Å². The summed E-state index contributed by atoms with van der Waals surface area (Å²) in [5.74, 6) is 0.211. The number of rotatable bonds is 2. The van der Waals surface area contributed by atoms with Gasteiger partial charge >= 0.3 is 0 Å². The van der Waals surface area contributed by atoms with Crippen molar-refractivity contribution >= 4 is 5.78 Å². The van der Waals surface area contributed by atoms with Crippen molar-refractivity contribution in [1.29, 1.82) is 0 Å². The molecule has 42 valence electrons. The highest BCUT2D eigenvalue weighted by Gasteiger charge is 2.01. The van der Waals surface area contributed by atoms with Gasteiger partial charge in [0, 0.05) is 12.5 Å². The Hall–Kier alpha value is -0.370. The van der Waals surface area contributed by atoms with Gasteiger partial charge in [0.05, 0.1) is 0 Å². The molecule has 0 aromatic carbocycles. The highest BCUT2D eigenvalue weighted by atomic mass is 16.1. The Bertz CT molecular complexity index is 70.5. The molecular weight excluding hydrogens is 90.1 g/mol. The summed E-state index contributed by atoms with van der Waals surface area (Å²) in [5, 5.41) is 0. The monoisotopic (exact) mass is 101 g/mol. The van der Waals surface area contributed by atoms with Crippen LogP contribution >= 0.6 is 0 Å². The van der Waals surface area contributed by atoms with Crippen LogP contribution in [-0.4, -0.2) is 12.3 Å². The van der Waals surface area contributed by atoms with E-state index in [0.29, 0.717) is 6.54 Å². The van der Waals surface area contributed by atoms with Crippen molar-refractivity contribution in [3.05, 3.63) is 0 Å². The van der Waals surface area contributed by atoms with Crippen molar-refractivity contribution < 1.29 is 4.79 Å². The van der Waals surface area contributed by atoms with Crippen LogP contribution in [0.2, 0.25) is 0 Å². The zero-order valence-corrected chi connectivity index (χ0v) is 4.77. The first-order chi connectivity index (χ1) is 3.18. The van der Waals surface area contributed by atoms with E-state index in [1.807, 2.05) is 6.92 Å². The maximum atomic E-state index is 10.3. The van der Waals surface area contributed by atoms with Gasteiger partial charge in [-0.25, -0.2) is 0 Å². The Morgan fingerprint density at radius 1 is 1.86 bits per heavy atom. The van der Waals surface area contributed by atoms with E-state index in [9.17, 15) is 4.79 Å². The van der Waals surface area contributed by atoms with Gasteiger partial charge in [-0.2, -0.15) is 0 Å². The van der Waals surface area contributed by atoms with E-state index in [0.717, 1.165) is 0 Å². The van der Waals surface area contributed by atoms with Gasteiger partial charge in [0.2, 0.25) is 0 Å². The van der Waals surface area contributed by atoms with Gasteiger partial charge in [0.15, 0.2) is 0 Å². The number of Topliss-reactive ketones (excluding diaryl/α,β-unsaturated/α-hetero) is 1. The molecule has 0 aliphatic heterocycles. The summed E-state index contributed by atoms with van der Waals surface area (Å²) in [4.78, 5) is 10.3. The molecule has 1 atom stereocenters. The Labute approximate surface area is 43.7 Å². The van der Waals surface area contributed by atoms with E-state index >= 15 is 0 Å². The minimum absolute atomic E-state index is 0.0417. The van der Waals surface area contributed by atoms with E-state index in [2.05, 4.69) is 0 Å².